The van der Waals surface area contributed by atoms with Crippen molar-refractivity contribution in [2.24, 2.45) is 10.8 Å². The molecule has 1 radical (unpaired) electrons. The van der Waals surface area contributed by atoms with Crippen LogP contribution < -0.4 is 48.0 Å². The van der Waals surface area contributed by atoms with Crippen molar-refractivity contribution in [3.63, 3.8) is 0 Å². The number of hydrogen-bond acceptors (Lipinski definition) is 2. The maximum absolute atomic E-state index is 2.42. The number of hydrogen-bond donors (Lipinski definition) is 0. The Morgan fingerprint density at radius 3 is 1.24 bits per heavy atom. The van der Waals surface area contributed by atoms with E-state index >= 15 is 0 Å². The Morgan fingerprint density at radius 1 is 0.526 bits per heavy atom. The fourth-order valence-corrected chi connectivity index (χ4v) is 5.82. The van der Waals surface area contributed by atoms with Gasteiger partial charge in [0, 0.05) is 13.8 Å². The van der Waals surface area contributed by atoms with Gasteiger partial charge in [-0.1, -0.05) is 126 Å². The van der Waals surface area contributed by atoms with Crippen molar-refractivity contribution in [3.8, 4) is 0 Å². The van der Waals surface area contributed by atoms with Crippen molar-refractivity contribution in [2.75, 3.05) is 0 Å². The smallest absolute Gasteiger partial charge is 1.00 e. The molecule has 0 aliphatic carbocycles. The second-order valence-corrected chi connectivity index (χ2v) is 12.0. The molecule has 0 saturated heterocycles. The molecule has 1 aliphatic rings. The molecule has 0 unspecified atom stereocenters. The van der Waals surface area contributed by atoms with Gasteiger partial charge in [0.25, 0.3) is 0 Å². The first kappa shape index (κ1) is 33.1. The van der Waals surface area contributed by atoms with Crippen molar-refractivity contribution in [1.82, 2.24) is 9.80 Å². The van der Waals surface area contributed by atoms with Gasteiger partial charge in [-0.3, -0.25) is 0 Å². The van der Waals surface area contributed by atoms with Gasteiger partial charge in [0.1, 0.15) is 6.67 Å². The standard InChI is InChI=1S/C33H37N2.2HI.Pd.H2/c1-32(2,3)30(28-19-11-15-24-13-7-9-17-26(24)28)34-21-22-35(23-34)31(33(4,5)6)29-20-12-16-25-14-8-10-18-27(25)29;;;;/h7-23,30-31H,1-6H3;2*1H;;1H/q;;;+2;/p-2/t30-,31-;;;;/m1..../s1. The molecule has 1 aliphatic heterocycles. The Kier molecular flexibility index (Phi) is 11.3. The second-order valence-electron chi connectivity index (χ2n) is 12.0. The minimum atomic E-state index is 0. The second kappa shape index (κ2) is 13.0. The Balaban J connectivity index is 0.00000190. The summed E-state index contributed by atoms with van der Waals surface area (Å²) in [7, 11) is 0. The number of rotatable bonds is 4. The summed E-state index contributed by atoms with van der Waals surface area (Å²) < 4.78 is 0. The van der Waals surface area contributed by atoms with E-state index in [0.29, 0.717) is 0 Å². The fourth-order valence-electron chi connectivity index (χ4n) is 5.82. The molecule has 4 aromatic rings. The molecule has 1 heterocycles. The predicted octanol–water partition coefficient (Wildman–Crippen LogP) is 3.33. The molecule has 205 valence electrons. The number of halogens is 2. The van der Waals surface area contributed by atoms with Crippen molar-refractivity contribution < 1.29 is 69.8 Å². The molecular formula is C33H39I2N2Pd. The first-order valence-electron chi connectivity index (χ1n) is 12.7. The predicted molar refractivity (Wildman–Crippen MR) is 152 cm³/mol. The van der Waals surface area contributed by atoms with E-state index in [1.54, 1.807) is 0 Å². The summed E-state index contributed by atoms with van der Waals surface area (Å²) in [6.45, 7) is 16.4. The van der Waals surface area contributed by atoms with E-state index in [9.17, 15) is 0 Å². The monoisotopic (exact) mass is 823 g/mol. The van der Waals surface area contributed by atoms with Gasteiger partial charge in [0.15, 0.2) is 0 Å². The van der Waals surface area contributed by atoms with E-state index in [4.69, 9.17) is 0 Å². The van der Waals surface area contributed by atoms with Gasteiger partial charge in [-0.05, 0) is 43.5 Å². The average Bonchev–Trinajstić information content (AvgIpc) is 3.26. The van der Waals surface area contributed by atoms with Gasteiger partial charge in [-0.15, -0.1) is 0 Å². The van der Waals surface area contributed by atoms with E-state index in [0.717, 1.165) is 0 Å². The quantitative estimate of drug-likeness (QED) is 0.231. The topological polar surface area (TPSA) is 6.48 Å². The van der Waals surface area contributed by atoms with Crippen LogP contribution in [0.2, 0.25) is 0 Å². The number of benzene rings is 4. The summed E-state index contributed by atoms with van der Waals surface area (Å²) in [5.74, 6) is 0. The Morgan fingerprint density at radius 2 is 0.868 bits per heavy atom. The van der Waals surface area contributed by atoms with Crippen LogP contribution in [0.1, 0.15) is 66.2 Å². The molecule has 0 N–H and O–H groups in total. The Bertz CT molecular complexity index is 1280. The number of nitrogens with zero attached hydrogens (tertiary/aromatic N) is 2. The van der Waals surface area contributed by atoms with Crippen LogP contribution in [0.4, 0.5) is 0 Å². The van der Waals surface area contributed by atoms with Crippen molar-refractivity contribution >= 4 is 21.5 Å². The summed E-state index contributed by atoms with van der Waals surface area (Å²) in [6.07, 6.45) is 4.53. The third kappa shape index (κ3) is 6.59. The third-order valence-corrected chi connectivity index (χ3v) is 7.15. The van der Waals surface area contributed by atoms with E-state index in [2.05, 4.69) is 155 Å². The van der Waals surface area contributed by atoms with Crippen LogP contribution in [0.15, 0.2) is 97.3 Å². The molecule has 0 bridgehead atoms. The van der Waals surface area contributed by atoms with Crippen molar-refractivity contribution in [3.05, 3.63) is 115 Å². The summed E-state index contributed by atoms with van der Waals surface area (Å²) in [4.78, 5) is 4.84. The van der Waals surface area contributed by atoms with Crippen LogP contribution in [-0.4, -0.2) is 9.80 Å². The van der Waals surface area contributed by atoms with Gasteiger partial charge >= 0.3 is 20.4 Å². The van der Waals surface area contributed by atoms with Crippen molar-refractivity contribution in [2.45, 2.75) is 53.6 Å². The molecule has 0 aromatic heterocycles. The van der Waals surface area contributed by atoms with Crippen LogP contribution in [0.25, 0.3) is 21.5 Å². The van der Waals surface area contributed by atoms with Crippen LogP contribution in [0.5, 0.6) is 0 Å². The van der Waals surface area contributed by atoms with E-state index in [1.807, 2.05) is 0 Å². The van der Waals surface area contributed by atoms with Crippen LogP contribution >= 0.6 is 0 Å². The molecule has 5 heteroatoms. The van der Waals surface area contributed by atoms with E-state index in [1.165, 1.54) is 32.7 Å². The fraction of sp³-hybridized carbons (Fsp3) is 0.303. The van der Waals surface area contributed by atoms with Crippen molar-refractivity contribution in [1.29, 1.82) is 0 Å². The molecule has 2 nitrogen and oxygen atoms in total. The summed E-state index contributed by atoms with van der Waals surface area (Å²) in [6, 6.07) is 31.3. The SMILES string of the molecule is CC(C)(C)[C@@H](c1cccc2ccccc12)N1[CH]N([C@H](c2cccc3ccccc23)C(C)(C)C)C=C1.[HH].[I-].[I-].[Pd+2]. The largest absolute Gasteiger partial charge is 2.00 e. The molecule has 38 heavy (non-hydrogen) atoms. The van der Waals surface area contributed by atoms with E-state index < -0.39 is 0 Å². The third-order valence-electron chi connectivity index (χ3n) is 7.15. The summed E-state index contributed by atoms with van der Waals surface area (Å²) in [5, 5.41) is 5.25. The van der Waals surface area contributed by atoms with Gasteiger partial charge in [0.05, 0.1) is 12.1 Å². The summed E-state index contributed by atoms with van der Waals surface area (Å²) in [5.41, 5.74) is 2.82. The first-order chi connectivity index (χ1) is 16.6. The molecule has 0 saturated carbocycles. The zero-order valence-electron chi connectivity index (χ0n) is 22.9. The maximum atomic E-state index is 2.42. The van der Waals surface area contributed by atoms with E-state index in [-0.39, 0.29) is 92.7 Å². The summed E-state index contributed by atoms with van der Waals surface area (Å²) >= 11 is 0. The van der Waals surface area contributed by atoms with Gasteiger partial charge in [0.2, 0.25) is 0 Å². The minimum absolute atomic E-state index is 0. The molecular weight excluding hydrogens is 785 g/mol. The minimum Gasteiger partial charge on any atom is -1.00 e. The zero-order chi connectivity index (χ0) is 24.8. The first-order valence-corrected chi connectivity index (χ1v) is 12.7. The average molecular weight is 824 g/mol. The number of fused-ring (bicyclic) bond motifs is 2. The molecule has 0 spiro atoms. The normalized spacial score (nSPS) is 15.0. The Hall–Kier alpha value is -1.14. The zero-order valence-corrected chi connectivity index (χ0v) is 28.8. The van der Waals surface area contributed by atoms with Crippen LogP contribution in [0.3, 0.4) is 0 Å². The maximum Gasteiger partial charge on any atom is 2.00 e. The Labute approximate surface area is 278 Å². The van der Waals surface area contributed by atoms with Crippen LogP contribution in [0, 0.1) is 17.5 Å². The molecule has 5 rings (SSSR count). The van der Waals surface area contributed by atoms with Gasteiger partial charge in [-0.2, -0.15) is 0 Å². The molecule has 4 aromatic carbocycles. The molecule has 0 fully saturated rings. The molecule has 0 amide bonds. The van der Waals surface area contributed by atoms with Gasteiger partial charge < -0.3 is 57.8 Å². The molecule has 2 atom stereocenters. The van der Waals surface area contributed by atoms with Gasteiger partial charge in [-0.25, -0.2) is 0 Å². The van der Waals surface area contributed by atoms with Crippen LogP contribution in [-0.2, 0) is 20.4 Å².